The highest BCUT2D eigenvalue weighted by Gasteiger charge is 2.16. The Morgan fingerprint density at radius 2 is 1.81 bits per heavy atom. The molecule has 5 nitrogen and oxygen atoms in total. The van der Waals surface area contributed by atoms with Crippen molar-refractivity contribution in [2.75, 3.05) is 11.9 Å². The summed E-state index contributed by atoms with van der Waals surface area (Å²) in [6, 6.07) is 13.0. The molecule has 0 fully saturated rings. The molecule has 0 spiro atoms. The zero-order valence-corrected chi connectivity index (χ0v) is 16.7. The summed E-state index contributed by atoms with van der Waals surface area (Å²) in [6.45, 7) is 5.60. The fraction of sp³-hybridized carbons (Fsp3) is 0.200. The van der Waals surface area contributed by atoms with Gasteiger partial charge in [-0.1, -0.05) is 47.0 Å². The minimum atomic E-state index is -0.305. The molecule has 3 aromatic rings. The molecule has 3 rings (SSSR count). The number of carbonyl (C=O) groups is 1. The number of ether oxygens (including phenoxy) is 1. The van der Waals surface area contributed by atoms with Crippen LogP contribution in [0.3, 0.4) is 0 Å². The Hall–Kier alpha value is -2.50. The van der Waals surface area contributed by atoms with Gasteiger partial charge in [0.2, 0.25) is 0 Å². The van der Waals surface area contributed by atoms with Crippen LogP contribution in [0.25, 0.3) is 5.69 Å². The molecule has 1 N–H and O–H groups in total. The second-order valence-electron chi connectivity index (χ2n) is 6.18. The third-order valence-electron chi connectivity index (χ3n) is 4.11. The predicted molar refractivity (Wildman–Crippen MR) is 108 cm³/mol. The largest absolute Gasteiger partial charge is 0.482 e. The van der Waals surface area contributed by atoms with Crippen LogP contribution < -0.4 is 10.1 Å². The van der Waals surface area contributed by atoms with Gasteiger partial charge in [0, 0.05) is 0 Å². The van der Waals surface area contributed by atoms with Gasteiger partial charge in [-0.15, -0.1) is 0 Å². The smallest absolute Gasteiger partial charge is 0.262 e. The first-order chi connectivity index (χ1) is 12.9. The van der Waals surface area contributed by atoms with E-state index in [0.29, 0.717) is 16.5 Å². The number of aryl methyl sites for hydroxylation is 2. The number of carbonyl (C=O) groups excluding carboxylic acids is 1. The van der Waals surface area contributed by atoms with Gasteiger partial charge in [-0.05, 0) is 45.0 Å². The molecule has 2 aromatic carbocycles. The monoisotopic (exact) mass is 403 g/mol. The third-order valence-corrected chi connectivity index (χ3v) is 4.91. The average Bonchev–Trinajstić information content (AvgIpc) is 2.92. The van der Waals surface area contributed by atoms with Crippen molar-refractivity contribution >= 4 is 34.8 Å². The van der Waals surface area contributed by atoms with E-state index in [9.17, 15) is 4.79 Å². The number of aromatic nitrogens is 2. The minimum absolute atomic E-state index is 0.186. The maximum atomic E-state index is 12.3. The van der Waals surface area contributed by atoms with Gasteiger partial charge in [0.25, 0.3) is 5.91 Å². The molecule has 0 saturated carbocycles. The lowest BCUT2D eigenvalue weighted by molar-refractivity contribution is -0.118. The summed E-state index contributed by atoms with van der Waals surface area (Å²) in [4.78, 5) is 12.3. The van der Waals surface area contributed by atoms with Gasteiger partial charge in [-0.25, -0.2) is 4.68 Å². The number of anilines is 1. The molecule has 1 aromatic heterocycles. The van der Waals surface area contributed by atoms with Crippen molar-refractivity contribution in [2.45, 2.75) is 20.8 Å². The molecule has 0 radical (unpaired) electrons. The van der Waals surface area contributed by atoms with E-state index in [4.69, 9.17) is 27.9 Å². The van der Waals surface area contributed by atoms with Gasteiger partial charge in [-0.3, -0.25) is 4.79 Å². The Kier molecular flexibility index (Phi) is 5.73. The van der Waals surface area contributed by atoms with Crippen molar-refractivity contribution in [3.63, 3.8) is 0 Å². The summed E-state index contributed by atoms with van der Waals surface area (Å²) in [5, 5.41) is 8.05. The van der Waals surface area contributed by atoms with Crippen molar-refractivity contribution < 1.29 is 9.53 Å². The van der Waals surface area contributed by atoms with Crippen LogP contribution in [0.4, 0.5) is 5.69 Å². The maximum Gasteiger partial charge on any atom is 0.262 e. The first-order valence-electron chi connectivity index (χ1n) is 8.36. The number of hydrogen-bond donors (Lipinski definition) is 1. The summed E-state index contributed by atoms with van der Waals surface area (Å²) >= 11 is 12.0. The second-order valence-corrected chi connectivity index (χ2v) is 6.97. The molecule has 140 valence electrons. The summed E-state index contributed by atoms with van der Waals surface area (Å²) in [6.07, 6.45) is 0. The normalized spacial score (nSPS) is 10.7. The van der Waals surface area contributed by atoms with E-state index in [1.54, 1.807) is 22.9 Å². The molecule has 0 aliphatic heterocycles. The molecular formula is C20H19Cl2N3O2. The first kappa shape index (κ1) is 19.3. The second kappa shape index (κ2) is 8.03. The summed E-state index contributed by atoms with van der Waals surface area (Å²) < 4.78 is 7.28. The van der Waals surface area contributed by atoms with Crippen molar-refractivity contribution in [1.29, 1.82) is 0 Å². The van der Waals surface area contributed by atoms with Crippen LogP contribution in [-0.2, 0) is 4.79 Å². The van der Waals surface area contributed by atoms with Gasteiger partial charge < -0.3 is 10.1 Å². The topological polar surface area (TPSA) is 56.2 Å². The van der Waals surface area contributed by atoms with Crippen molar-refractivity contribution in [3.8, 4) is 11.4 Å². The summed E-state index contributed by atoms with van der Waals surface area (Å²) in [5.41, 5.74) is 4.34. The molecule has 27 heavy (non-hydrogen) atoms. The zero-order valence-electron chi connectivity index (χ0n) is 15.2. The van der Waals surface area contributed by atoms with E-state index >= 15 is 0 Å². The molecule has 7 heteroatoms. The van der Waals surface area contributed by atoms with E-state index in [2.05, 4.69) is 10.4 Å². The van der Waals surface area contributed by atoms with Gasteiger partial charge >= 0.3 is 0 Å². The fourth-order valence-electron chi connectivity index (χ4n) is 2.68. The van der Waals surface area contributed by atoms with Crippen LogP contribution in [0.1, 0.15) is 17.0 Å². The zero-order chi connectivity index (χ0) is 19.6. The van der Waals surface area contributed by atoms with E-state index in [1.807, 2.05) is 45.0 Å². The molecule has 0 aliphatic carbocycles. The Morgan fingerprint density at radius 1 is 1.11 bits per heavy atom. The number of rotatable bonds is 5. The van der Waals surface area contributed by atoms with Gasteiger partial charge in [0.05, 0.1) is 27.8 Å². The number of hydrogen-bond acceptors (Lipinski definition) is 3. The lowest BCUT2D eigenvalue weighted by Gasteiger charge is -2.10. The standard InChI is InChI=1S/C20H19Cl2N3O2/c1-12-7-9-15(10-8-12)25-14(3)20(13(2)24-25)23-18(26)11-27-17-6-4-5-16(21)19(17)22/h4-10H,11H2,1-3H3,(H,23,26). The number of halogens is 2. The number of benzene rings is 2. The van der Waals surface area contributed by atoms with E-state index < -0.39 is 0 Å². The highest BCUT2D eigenvalue weighted by Crippen LogP contribution is 2.31. The number of nitrogens with zero attached hydrogens (tertiary/aromatic N) is 2. The van der Waals surface area contributed by atoms with Crippen LogP contribution in [0, 0.1) is 20.8 Å². The van der Waals surface area contributed by atoms with Crippen LogP contribution >= 0.6 is 23.2 Å². The van der Waals surface area contributed by atoms with E-state index in [0.717, 1.165) is 17.1 Å². The Bertz CT molecular complexity index is 982. The molecule has 0 atom stereocenters. The lowest BCUT2D eigenvalue weighted by atomic mass is 10.2. The predicted octanol–water partition coefficient (Wildman–Crippen LogP) is 5.12. The molecular weight excluding hydrogens is 385 g/mol. The molecule has 0 unspecified atom stereocenters. The Morgan fingerprint density at radius 3 is 2.52 bits per heavy atom. The Labute approximate surface area is 167 Å². The van der Waals surface area contributed by atoms with Crippen molar-refractivity contribution in [2.24, 2.45) is 0 Å². The highest BCUT2D eigenvalue weighted by molar-refractivity contribution is 6.42. The molecule has 0 saturated heterocycles. The van der Waals surface area contributed by atoms with Gasteiger partial charge in [-0.2, -0.15) is 5.10 Å². The van der Waals surface area contributed by atoms with Crippen molar-refractivity contribution in [1.82, 2.24) is 9.78 Å². The van der Waals surface area contributed by atoms with Gasteiger partial charge in [0.1, 0.15) is 10.8 Å². The Balaban J connectivity index is 1.73. The van der Waals surface area contributed by atoms with Crippen LogP contribution in [0.2, 0.25) is 10.0 Å². The average molecular weight is 404 g/mol. The van der Waals surface area contributed by atoms with E-state index in [-0.39, 0.29) is 17.5 Å². The third kappa shape index (κ3) is 4.26. The van der Waals surface area contributed by atoms with Crippen LogP contribution in [0.5, 0.6) is 5.75 Å². The molecule has 0 aliphatic rings. The summed E-state index contributed by atoms with van der Waals surface area (Å²) in [7, 11) is 0. The van der Waals surface area contributed by atoms with Crippen LogP contribution in [-0.4, -0.2) is 22.3 Å². The quantitative estimate of drug-likeness (QED) is 0.642. The highest BCUT2D eigenvalue weighted by atomic mass is 35.5. The maximum absolute atomic E-state index is 12.3. The SMILES string of the molecule is Cc1ccc(-n2nc(C)c(NC(=O)COc3cccc(Cl)c3Cl)c2C)cc1. The van der Waals surface area contributed by atoms with Gasteiger partial charge in [0.15, 0.2) is 6.61 Å². The lowest BCUT2D eigenvalue weighted by Crippen LogP contribution is -2.21. The minimum Gasteiger partial charge on any atom is -0.482 e. The number of nitrogens with one attached hydrogen (secondary N) is 1. The fourth-order valence-corrected chi connectivity index (χ4v) is 3.02. The summed E-state index contributed by atoms with van der Waals surface area (Å²) in [5.74, 6) is 0.0591. The molecule has 1 amide bonds. The molecule has 1 heterocycles. The first-order valence-corrected chi connectivity index (χ1v) is 9.12. The van der Waals surface area contributed by atoms with E-state index in [1.165, 1.54) is 5.56 Å². The van der Waals surface area contributed by atoms with Crippen molar-refractivity contribution in [3.05, 3.63) is 69.5 Å². The van der Waals surface area contributed by atoms with Crippen LogP contribution in [0.15, 0.2) is 42.5 Å². The number of amides is 1. The molecule has 0 bridgehead atoms.